The summed E-state index contributed by atoms with van der Waals surface area (Å²) in [4.78, 5) is 26.9. The van der Waals surface area contributed by atoms with Crippen molar-refractivity contribution >= 4 is 11.9 Å². The number of benzene rings is 1. The zero-order chi connectivity index (χ0) is 19.1. The summed E-state index contributed by atoms with van der Waals surface area (Å²) < 4.78 is 5.55. The van der Waals surface area contributed by atoms with E-state index in [1.54, 1.807) is 6.07 Å². The molecule has 6 heteroatoms. The van der Waals surface area contributed by atoms with Crippen LogP contribution >= 0.6 is 0 Å². The minimum Gasteiger partial charge on any atom is -0.493 e. The maximum atomic E-state index is 12.6. The van der Waals surface area contributed by atoms with Crippen molar-refractivity contribution in [3.63, 3.8) is 0 Å². The van der Waals surface area contributed by atoms with Gasteiger partial charge in [-0.15, -0.1) is 0 Å². The summed E-state index contributed by atoms with van der Waals surface area (Å²) in [7, 11) is 0. The topological polar surface area (TPSA) is 70.7 Å². The number of piperidine rings is 1. The number of carbonyl (C=O) groups excluding carboxylic acids is 2. The van der Waals surface area contributed by atoms with Crippen molar-refractivity contribution in [3.8, 4) is 5.75 Å². The fraction of sp³-hybridized carbons (Fsp3) is 0.619. The number of nitrogens with zero attached hydrogens (tertiary/aromatic N) is 1. The van der Waals surface area contributed by atoms with Gasteiger partial charge in [-0.3, -0.25) is 4.79 Å². The first-order valence-corrected chi connectivity index (χ1v) is 10.3. The van der Waals surface area contributed by atoms with E-state index in [4.69, 9.17) is 4.74 Å². The Balaban J connectivity index is 1.46. The second-order valence-corrected chi connectivity index (χ2v) is 7.45. The van der Waals surface area contributed by atoms with Crippen molar-refractivity contribution < 1.29 is 14.3 Å². The van der Waals surface area contributed by atoms with E-state index in [1.807, 2.05) is 30.0 Å². The van der Waals surface area contributed by atoms with Gasteiger partial charge in [0.1, 0.15) is 5.75 Å². The average molecular weight is 373 g/mol. The van der Waals surface area contributed by atoms with Crippen molar-refractivity contribution in [2.45, 2.75) is 64.0 Å². The van der Waals surface area contributed by atoms with E-state index < -0.39 is 0 Å². The third-order valence-electron chi connectivity index (χ3n) is 5.48. The van der Waals surface area contributed by atoms with Gasteiger partial charge in [0, 0.05) is 25.2 Å². The Hall–Kier alpha value is -2.24. The third kappa shape index (κ3) is 5.37. The highest BCUT2D eigenvalue weighted by atomic mass is 16.5. The molecule has 0 spiro atoms. The van der Waals surface area contributed by atoms with Crippen LogP contribution in [0.3, 0.4) is 0 Å². The predicted octanol–water partition coefficient (Wildman–Crippen LogP) is 3.32. The Kier molecular flexibility index (Phi) is 6.96. The number of nitrogens with one attached hydrogen (secondary N) is 2. The molecule has 0 unspecified atom stereocenters. The van der Waals surface area contributed by atoms with E-state index in [1.165, 1.54) is 19.3 Å². The first kappa shape index (κ1) is 19.5. The SMILES string of the molecule is CCOc1ccccc1C(=O)NC1CCN(C(=O)NC2CCCCC2)CC1. The minimum atomic E-state index is -0.107. The Morgan fingerprint density at radius 3 is 2.37 bits per heavy atom. The maximum absolute atomic E-state index is 12.6. The molecule has 1 heterocycles. The molecule has 148 valence electrons. The largest absolute Gasteiger partial charge is 0.493 e. The number of hydrogen-bond donors (Lipinski definition) is 2. The number of rotatable bonds is 5. The van der Waals surface area contributed by atoms with Crippen LogP contribution in [0.1, 0.15) is 62.2 Å². The molecule has 27 heavy (non-hydrogen) atoms. The predicted molar refractivity (Wildman–Crippen MR) is 105 cm³/mol. The molecule has 1 saturated carbocycles. The summed E-state index contributed by atoms with van der Waals surface area (Å²) in [6, 6.07) is 7.78. The van der Waals surface area contributed by atoms with E-state index in [0.717, 1.165) is 25.7 Å². The first-order chi connectivity index (χ1) is 13.2. The summed E-state index contributed by atoms with van der Waals surface area (Å²) in [5.74, 6) is 0.506. The van der Waals surface area contributed by atoms with Gasteiger partial charge in [0.05, 0.1) is 12.2 Å². The lowest BCUT2D eigenvalue weighted by molar-refractivity contribution is 0.0913. The van der Waals surface area contributed by atoms with Crippen LogP contribution in [0, 0.1) is 0 Å². The number of likely N-dealkylation sites (tertiary alicyclic amines) is 1. The molecule has 0 radical (unpaired) electrons. The molecule has 2 fully saturated rings. The molecule has 1 aliphatic heterocycles. The van der Waals surface area contributed by atoms with Crippen LogP contribution in [0.2, 0.25) is 0 Å². The zero-order valence-electron chi connectivity index (χ0n) is 16.2. The maximum Gasteiger partial charge on any atom is 0.317 e. The molecule has 0 bridgehead atoms. The van der Waals surface area contributed by atoms with Gasteiger partial charge in [0.2, 0.25) is 0 Å². The number of urea groups is 1. The Bertz CT molecular complexity index is 635. The van der Waals surface area contributed by atoms with Crippen LogP contribution in [-0.2, 0) is 0 Å². The van der Waals surface area contributed by atoms with E-state index in [0.29, 0.717) is 37.1 Å². The zero-order valence-corrected chi connectivity index (χ0v) is 16.2. The molecule has 2 aliphatic rings. The summed E-state index contributed by atoms with van der Waals surface area (Å²) in [6.07, 6.45) is 7.45. The summed E-state index contributed by atoms with van der Waals surface area (Å²) in [6.45, 7) is 3.79. The number of para-hydroxylation sites is 1. The summed E-state index contributed by atoms with van der Waals surface area (Å²) in [5.41, 5.74) is 0.567. The van der Waals surface area contributed by atoms with Gasteiger partial charge < -0.3 is 20.3 Å². The quantitative estimate of drug-likeness (QED) is 0.832. The third-order valence-corrected chi connectivity index (χ3v) is 5.48. The molecule has 6 nitrogen and oxygen atoms in total. The highest BCUT2D eigenvalue weighted by Crippen LogP contribution is 2.20. The molecule has 1 aromatic rings. The van der Waals surface area contributed by atoms with Crippen LogP contribution in [0.4, 0.5) is 4.79 Å². The Morgan fingerprint density at radius 2 is 1.67 bits per heavy atom. The number of hydrogen-bond acceptors (Lipinski definition) is 3. The van der Waals surface area contributed by atoms with Crippen molar-refractivity contribution in [3.05, 3.63) is 29.8 Å². The lowest BCUT2D eigenvalue weighted by Crippen LogP contribution is -2.51. The highest BCUT2D eigenvalue weighted by Gasteiger charge is 2.26. The van der Waals surface area contributed by atoms with Gasteiger partial charge >= 0.3 is 6.03 Å². The van der Waals surface area contributed by atoms with Crippen LogP contribution in [0.15, 0.2) is 24.3 Å². The second-order valence-electron chi connectivity index (χ2n) is 7.45. The molecule has 1 saturated heterocycles. The van der Waals surface area contributed by atoms with Gasteiger partial charge in [-0.05, 0) is 44.7 Å². The standard InChI is InChI=1S/C21H31N3O3/c1-2-27-19-11-7-6-10-18(19)20(25)22-17-12-14-24(15-13-17)21(26)23-16-8-4-3-5-9-16/h6-7,10-11,16-17H,2-5,8-9,12-15H2,1H3,(H,22,25)(H,23,26). The van der Waals surface area contributed by atoms with Crippen molar-refractivity contribution in [1.29, 1.82) is 0 Å². The van der Waals surface area contributed by atoms with Gasteiger partial charge in [-0.25, -0.2) is 4.79 Å². The monoisotopic (exact) mass is 373 g/mol. The van der Waals surface area contributed by atoms with Crippen molar-refractivity contribution in [2.24, 2.45) is 0 Å². The van der Waals surface area contributed by atoms with E-state index in [9.17, 15) is 9.59 Å². The van der Waals surface area contributed by atoms with Crippen molar-refractivity contribution in [2.75, 3.05) is 19.7 Å². The van der Waals surface area contributed by atoms with Crippen molar-refractivity contribution in [1.82, 2.24) is 15.5 Å². The Morgan fingerprint density at radius 1 is 1.00 bits per heavy atom. The van der Waals surface area contributed by atoms with Crippen LogP contribution in [0.25, 0.3) is 0 Å². The number of carbonyl (C=O) groups is 2. The second kappa shape index (κ2) is 9.62. The average Bonchev–Trinajstić information content (AvgIpc) is 2.70. The summed E-state index contributed by atoms with van der Waals surface area (Å²) >= 11 is 0. The van der Waals surface area contributed by atoms with Gasteiger partial charge in [-0.1, -0.05) is 31.4 Å². The fourth-order valence-electron chi connectivity index (χ4n) is 3.94. The minimum absolute atomic E-state index is 0.0494. The van der Waals surface area contributed by atoms with Gasteiger partial charge in [0.25, 0.3) is 5.91 Å². The number of amides is 3. The fourth-order valence-corrected chi connectivity index (χ4v) is 3.94. The molecule has 3 rings (SSSR count). The normalized spacial score (nSPS) is 18.8. The van der Waals surface area contributed by atoms with E-state index in [-0.39, 0.29) is 18.0 Å². The molecule has 1 aliphatic carbocycles. The van der Waals surface area contributed by atoms with Gasteiger partial charge in [0.15, 0.2) is 0 Å². The molecular weight excluding hydrogens is 342 g/mol. The first-order valence-electron chi connectivity index (χ1n) is 10.3. The van der Waals surface area contributed by atoms with E-state index >= 15 is 0 Å². The van der Waals surface area contributed by atoms with Gasteiger partial charge in [-0.2, -0.15) is 0 Å². The highest BCUT2D eigenvalue weighted by molar-refractivity contribution is 5.97. The molecular formula is C21H31N3O3. The molecule has 0 atom stereocenters. The molecule has 0 aromatic heterocycles. The van der Waals surface area contributed by atoms with Crippen LogP contribution in [0.5, 0.6) is 5.75 Å². The lowest BCUT2D eigenvalue weighted by atomic mass is 9.95. The number of ether oxygens (including phenoxy) is 1. The Labute approximate surface area is 161 Å². The molecule has 2 N–H and O–H groups in total. The molecule has 3 amide bonds. The molecule has 1 aromatic carbocycles. The van der Waals surface area contributed by atoms with Crippen LogP contribution in [-0.4, -0.2) is 48.6 Å². The smallest absolute Gasteiger partial charge is 0.317 e. The van der Waals surface area contributed by atoms with Crippen LogP contribution < -0.4 is 15.4 Å². The lowest BCUT2D eigenvalue weighted by Gasteiger charge is -2.34. The van der Waals surface area contributed by atoms with E-state index in [2.05, 4.69) is 10.6 Å². The summed E-state index contributed by atoms with van der Waals surface area (Å²) in [5, 5.41) is 6.27.